The van der Waals surface area contributed by atoms with Crippen molar-refractivity contribution in [1.29, 1.82) is 0 Å². The number of aryl methyl sites for hydroxylation is 2. The molecule has 0 spiro atoms. The number of ether oxygens (including phenoxy) is 1. The Bertz CT molecular complexity index is 1100. The summed E-state index contributed by atoms with van der Waals surface area (Å²) in [5.74, 6) is -0.0922. The van der Waals surface area contributed by atoms with Crippen molar-refractivity contribution in [3.05, 3.63) is 56.4 Å². The molecule has 0 unspecified atom stereocenters. The maximum atomic E-state index is 12.9. The average Bonchev–Trinajstić information content (AvgIpc) is 3.41. The van der Waals surface area contributed by atoms with Gasteiger partial charge in [-0.05, 0) is 31.9 Å². The van der Waals surface area contributed by atoms with Crippen molar-refractivity contribution in [2.45, 2.75) is 25.7 Å². The van der Waals surface area contributed by atoms with Crippen LogP contribution in [0.1, 0.15) is 40.5 Å². The lowest BCUT2D eigenvalue weighted by molar-refractivity contribution is -0.384. The largest absolute Gasteiger partial charge is 0.423 e. The molecule has 1 aliphatic rings. The highest BCUT2D eigenvalue weighted by Gasteiger charge is 2.29. The number of rotatable bonds is 4. The third-order valence-electron chi connectivity index (χ3n) is 4.53. The Hall–Kier alpha value is -3.00. The second-order valence-electron chi connectivity index (χ2n) is 6.54. The molecule has 0 saturated heterocycles. The van der Waals surface area contributed by atoms with Crippen LogP contribution in [0.5, 0.6) is 5.75 Å². The molecule has 1 aliphatic carbocycles. The molecule has 27 heavy (non-hydrogen) atoms. The van der Waals surface area contributed by atoms with E-state index in [0.717, 1.165) is 18.5 Å². The highest BCUT2D eigenvalue weighted by molar-refractivity contribution is 6.32. The average molecular weight is 387 g/mol. The summed E-state index contributed by atoms with van der Waals surface area (Å²) in [5, 5.41) is 15.8. The Morgan fingerprint density at radius 1 is 1.37 bits per heavy atom. The number of fused-ring (bicyclic) bond motifs is 1. The first-order valence-corrected chi connectivity index (χ1v) is 8.73. The van der Waals surface area contributed by atoms with Crippen molar-refractivity contribution in [3.8, 4) is 5.75 Å². The summed E-state index contributed by atoms with van der Waals surface area (Å²) in [6.45, 7) is 1.81. The molecule has 1 aromatic carbocycles. The first-order chi connectivity index (χ1) is 12.8. The van der Waals surface area contributed by atoms with Gasteiger partial charge in [0.1, 0.15) is 10.8 Å². The molecule has 9 heteroatoms. The van der Waals surface area contributed by atoms with E-state index in [1.54, 1.807) is 24.7 Å². The molecule has 0 bridgehead atoms. The highest BCUT2D eigenvalue weighted by atomic mass is 35.5. The maximum absolute atomic E-state index is 12.9. The summed E-state index contributed by atoms with van der Waals surface area (Å²) >= 11 is 5.90. The summed E-state index contributed by atoms with van der Waals surface area (Å²) < 4.78 is 7.08. The van der Waals surface area contributed by atoms with Crippen LogP contribution in [0.2, 0.25) is 5.02 Å². The zero-order valence-electron chi connectivity index (χ0n) is 14.6. The van der Waals surface area contributed by atoms with Gasteiger partial charge in [-0.15, -0.1) is 0 Å². The fourth-order valence-electron chi connectivity index (χ4n) is 3.07. The zero-order chi connectivity index (χ0) is 19.3. The van der Waals surface area contributed by atoms with E-state index in [1.807, 2.05) is 0 Å². The van der Waals surface area contributed by atoms with Crippen LogP contribution in [0.3, 0.4) is 0 Å². The predicted octanol–water partition coefficient (Wildman–Crippen LogP) is 3.93. The Morgan fingerprint density at radius 2 is 2.11 bits per heavy atom. The topological polar surface area (TPSA) is 100 Å². The fraction of sp³-hybridized carbons (Fsp3) is 0.278. The fourth-order valence-corrected chi connectivity index (χ4v) is 3.31. The van der Waals surface area contributed by atoms with Gasteiger partial charge in [0.2, 0.25) is 0 Å². The first-order valence-electron chi connectivity index (χ1n) is 8.35. The molecule has 138 valence electrons. The molecule has 3 aromatic rings. The monoisotopic (exact) mass is 386 g/mol. The number of carbonyl (C=O) groups excluding carboxylic acids is 1. The number of esters is 1. The Labute approximate surface area is 158 Å². The Kier molecular flexibility index (Phi) is 4.07. The molecule has 0 aliphatic heterocycles. The number of nitro benzene ring substituents is 1. The van der Waals surface area contributed by atoms with E-state index in [2.05, 4.69) is 10.1 Å². The van der Waals surface area contributed by atoms with E-state index in [-0.39, 0.29) is 16.5 Å². The lowest BCUT2D eigenvalue weighted by atomic mass is 10.1. The maximum Gasteiger partial charge on any atom is 0.344 e. The van der Waals surface area contributed by atoms with Crippen LogP contribution in [0, 0.1) is 17.0 Å². The van der Waals surface area contributed by atoms with E-state index in [4.69, 9.17) is 16.3 Å². The van der Waals surface area contributed by atoms with Crippen LogP contribution in [0.4, 0.5) is 5.69 Å². The minimum Gasteiger partial charge on any atom is -0.423 e. The van der Waals surface area contributed by atoms with Gasteiger partial charge in [-0.3, -0.25) is 14.8 Å². The van der Waals surface area contributed by atoms with Gasteiger partial charge >= 0.3 is 5.97 Å². The molecule has 1 fully saturated rings. The molecule has 0 radical (unpaired) electrons. The number of halogens is 1. The smallest absolute Gasteiger partial charge is 0.344 e. The van der Waals surface area contributed by atoms with Crippen LogP contribution in [0.25, 0.3) is 11.0 Å². The third-order valence-corrected chi connectivity index (χ3v) is 4.83. The predicted molar refractivity (Wildman–Crippen MR) is 98.3 cm³/mol. The second-order valence-corrected chi connectivity index (χ2v) is 6.94. The number of benzene rings is 1. The minimum absolute atomic E-state index is 0.0959. The molecular formula is C18H15ClN4O4. The minimum atomic E-state index is -0.596. The van der Waals surface area contributed by atoms with Crippen LogP contribution in [0.15, 0.2) is 24.3 Å². The van der Waals surface area contributed by atoms with Gasteiger partial charge < -0.3 is 4.74 Å². The van der Waals surface area contributed by atoms with Crippen molar-refractivity contribution in [1.82, 2.24) is 14.8 Å². The van der Waals surface area contributed by atoms with Crippen molar-refractivity contribution >= 4 is 34.3 Å². The van der Waals surface area contributed by atoms with Crippen molar-refractivity contribution < 1.29 is 14.5 Å². The van der Waals surface area contributed by atoms with Gasteiger partial charge in [-0.25, -0.2) is 9.78 Å². The van der Waals surface area contributed by atoms with Crippen LogP contribution < -0.4 is 4.74 Å². The molecular weight excluding hydrogens is 372 g/mol. The van der Waals surface area contributed by atoms with Crippen molar-refractivity contribution in [2.75, 3.05) is 0 Å². The zero-order valence-corrected chi connectivity index (χ0v) is 15.4. The first kappa shape index (κ1) is 17.4. The molecule has 1 saturated carbocycles. The van der Waals surface area contributed by atoms with Gasteiger partial charge in [0.25, 0.3) is 5.69 Å². The lowest BCUT2D eigenvalue weighted by Gasteiger charge is -2.08. The summed E-state index contributed by atoms with van der Waals surface area (Å²) in [7, 11) is 1.78. The Morgan fingerprint density at radius 3 is 2.74 bits per heavy atom. The van der Waals surface area contributed by atoms with Crippen LogP contribution in [-0.2, 0) is 7.05 Å². The van der Waals surface area contributed by atoms with Crippen molar-refractivity contribution in [2.24, 2.45) is 7.05 Å². The number of aromatic nitrogens is 3. The van der Waals surface area contributed by atoms with E-state index in [9.17, 15) is 14.9 Å². The molecule has 8 nitrogen and oxygen atoms in total. The Balaban J connectivity index is 1.74. The summed E-state index contributed by atoms with van der Waals surface area (Å²) in [6, 6.07) is 5.56. The summed E-state index contributed by atoms with van der Waals surface area (Å²) in [5.41, 5.74) is 2.28. The number of hydrogen-bond acceptors (Lipinski definition) is 6. The van der Waals surface area contributed by atoms with Gasteiger partial charge in [0.05, 0.1) is 21.6 Å². The number of pyridine rings is 1. The van der Waals surface area contributed by atoms with E-state index in [0.29, 0.717) is 28.2 Å². The summed E-state index contributed by atoms with van der Waals surface area (Å²) in [6.07, 6.45) is 2.09. The van der Waals surface area contributed by atoms with Crippen LogP contribution in [-0.4, -0.2) is 25.7 Å². The summed E-state index contributed by atoms with van der Waals surface area (Å²) in [4.78, 5) is 27.8. The molecule has 2 heterocycles. The van der Waals surface area contributed by atoms with Gasteiger partial charge in [-0.2, -0.15) is 5.10 Å². The van der Waals surface area contributed by atoms with E-state index < -0.39 is 10.9 Å². The van der Waals surface area contributed by atoms with Gasteiger partial charge in [0.15, 0.2) is 5.65 Å². The molecule has 4 rings (SSSR count). The molecule has 2 aromatic heterocycles. The second kappa shape index (κ2) is 6.31. The van der Waals surface area contributed by atoms with Crippen LogP contribution >= 0.6 is 11.6 Å². The molecule has 0 N–H and O–H groups in total. The number of hydrogen-bond donors (Lipinski definition) is 0. The quantitative estimate of drug-likeness (QED) is 0.291. The number of nitrogens with zero attached hydrogens (tertiary/aromatic N) is 4. The third kappa shape index (κ3) is 3.12. The standard InChI is InChI=1S/C18H15ClN4O4/c1-9-16-12(8-14(10-3-4-10)20-17(16)22(2)21-9)18(24)27-11-5-6-15(23(25)26)13(19)7-11/h5-8,10H,3-4H2,1-2H3. The van der Waals surface area contributed by atoms with Gasteiger partial charge in [-0.1, -0.05) is 11.6 Å². The molecule has 0 atom stereocenters. The van der Waals surface area contributed by atoms with E-state index >= 15 is 0 Å². The normalized spacial score (nSPS) is 13.7. The van der Waals surface area contributed by atoms with Gasteiger partial charge in [0, 0.05) is 30.8 Å². The molecule has 0 amide bonds. The highest BCUT2D eigenvalue weighted by Crippen LogP contribution is 2.40. The SMILES string of the molecule is Cc1nn(C)c2nc(C3CC3)cc(C(=O)Oc3ccc([N+](=O)[O-])c(Cl)c3)c12. The lowest BCUT2D eigenvalue weighted by Crippen LogP contribution is -2.11. The number of nitro groups is 1. The van der Waals surface area contributed by atoms with E-state index in [1.165, 1.54) is 18.2 Å². The van der Waals surface area contributed by atoms with Crippen molar-refractivity contribution in [3.63, 3.8) is 0 Å². The number of carbonyl (C=O) groups is 1.